The Labute approximate surface area is 194 Å². The van der Waals surface area contributed by atoms with Gasteiger partial charge in [0, 0.05) is 29.6 Å². The van der Waals surface area contributed by atoms with Gasteiger partial charge < -0.3 is 14.2 Å². The molecule has 0 bridgehead atoms. The van der Waals surface area contributed by atoms with Crippen LogP contribution < -0.4 is 0 Å². The van der Waals surface area contributed by atoms with E-state index in [0.717, 1.165) is 31.6 Å². The number of epoxide rings is 1. The second kappa shape index (κ2) is 12.9. The van der Waals surface area contributed by atoms with Crippen LogP contribution in [-0.4, -0.2) is 52.8 Å². The molecule has 5 heteroatoms. The van der Waals surface area contributed by atoms with Crippen molar-refractivity contribution in [3.05, 3.63) is 11.6 Å². The van der Waals surface area contributed by atoms with Gasteiger partial charge in [-0.2, -0.15) is 0 Å². The number of unbranched alkanes of at least 4 members (excludes halogenated alkanes) is 7. The lowest BCUT2D eigenvalue weighted by Crippen LogP contribution is -2.58. The Morgan fingerprint density at radius 2 is 1.74 bits per heavy atom. The summed E-state index contributed by atoms with van der Waals surface area (Å²) < 4.78 is 31.7. The van der Waals surface area contributed by atoms with Gasteiger partial charge in [0.1, 0.15) is 0 Å². The number of methoxy groups -OCH3 is 1. The fourth-order valence-corrected chi connectivity index (χ4v) is 7.02. The number of allylic oxidation sites excluding steroid dienone is 1. The smallest absolute Gasteiger partial charge is 0.0997 e. The van der Waals surface area contributed by atoms with E-state index in [1.54, 1.807) is 7.11 Å². The van der Waals surface area contributed by atoms with Crippen molar-refractivity contribution >= 4 is 10.8 Å². The highest BCUT2D eigenvalue weighted by Gasteiger charge is 2.64. The molecule has 2 fully saturated rings. The van der Waals surface area contributed by atoms with Crippen LogP contribution in [0.2, 0.25) is 0 Å². The molecule has 0 aromatic heterocycles. The third-order valence-electron chi connectivity index (χ3n) is 7.13. The molecule has 0 radical (unpaired) electrons. The molecule has 5 atom stereocenters. The van der Waals surface area contributed by atoms with Gasteiger partial charge in [-0.05, 0) is 47.0 Å². The van der Waals surface area contributed by atoms with E-state index in [0.29, 0.717) is 6.61 Å². The van der Waals surface area contributed by atoms with Crippen LogP contribution in [-0.2, 0) is 25.0 Å². The number of hydrogen-bond acceptors (Lipinski definition) is 4. The quantitative estimate of drug-likeness (QED) is 0.167. The highest BCUT2D eigenvalue weighted by atomic mass is 32.2. The molecule has 1 saturated heterocycles. The highest BCUT2D eigenvalue weighted by Crippen LogP contribution is 2.53. The molecule has 2 aliphatic rings. The molecule has 0 amide bonds. The molecule has 1 aliphatic heterocycles. The Hall–Kier alpha value is -0.230. The predicted molar refractivity (Wildman–Crippen MR) is 131 cm³/mol. The van der Waals surface area contributed by atoms with Gasteiger partial charge in [0.15, 0.2) is 0 Å². The van der Waals surface area contributed by atoms with Crippen LogP contribution in [0, 0.1) is 5.92 Å². The van der Waals surface area contributed by atoms with Crippen molar-refractivity contribution in [2.45, 2.75) is 121 Å². The minimum Gasteiger partial charge on any atom is -0.380 e. The van der Waals surface area contributed by atoms with Gasteiger partial charge in [-0.3, -0.25) is 4.21 Å². The van der Waals surface area contributed by atoms with Crippen LogP contribution in [0.25, 0.3) is 0 Å². The van der Waals surface area contributed by atoms with Gasteiger partial charge in [-0.1, -0.05) is 63.5 Å². The van der Waals surface area contributed by atoms with E-state index in [2.05, 4.69) is 40.7 Å². The minimum absolute atomic E-state index is 0.0701. The molecule has 1 spiro atoms. The third kappa shape index (κ3) is 7.94. The fraction of sp³-hybridized carbons (Fsp3) is 0.923. The number of ether oxygens (including phenoxy) is 3. The third-order valence-corrected chi connectivity index (χ3v) is 9.00. The Morgan fingerprint density at radius 3 is 2.29 bits per heavy atom. The van der Waals surface area contributed by atoms with Crippen LogP contribution >= 0.6 is 0 Å². The van der Waals surface area contributed by atoms with Crippen LogP contribution in [0.5, 0.6) is 0 Å². The Morgan fingerprint density at radius 1 is 1.13 bits per heavy atom. The van der Waals surface area contributed by atoms with Crippen LogP contribution in [0.3, 0.4) is 0 Å². The molecule has 31 heavy (non-hydrogen) atoms. The molecule has 2 rings (SSSR count). The minimum atomic E-state index is -0.869. The average molecular weight is 457 g/mol. The van der Waals surface area contributed by atoms with Gasteiger partial charge in [0.25, 0.3) is 0 Å². The first-order valence-electron chi connectivity index (χ1n) is 12.6. The van der Waals surface area contributed by atoms with Crippen molar-refractivity contribution < 1.29 is 18.4 Å². The predicted octanol–water partition coefficient (Wildman–Crippen LogP) is 6.20. The van der Waals surface area contributed by atoms with Crippen LogP contribution in [0.4, 0.5) is 0 Å². The summed E-state index contributed by atoms with van der Waals surface area (Å²) in [6.07, 6.45) is 14.1. The van der Waals surface area contributed by atoms with Crippen molar-refractivity contribution in [1.82, 2.24) is 0 Å². The highest BCUT2D eigenvalue weighted by molar-refractivity contribution is 7.85. The van der Waals surface area contributed by atoms with Crippen molar-refractivity contribution in [2.75, 3.05) is 26.1 Å². The second-order valence-electron chi connectivity index (χ2n) is 10.4. The summed E-state index contributed by atoms with van der Waals surface area (Å²) in [4.78, 5) is 0. The fourth-order valence-electron chi connectivity index (χ4n) is 5.28. The van der Waals surface area contributed by atoms with Crippen molar-refractivity contribution in [3.8, 4) is 0 Å². The zero-order valence-electron chi connectivity index (χ0n) is 21.0. The summed E-state index contributed by atoms with van der Waals surface area (Å²) in [5.74, 6) is 0.885. The zero-order valence-corrected chi connectivity index (χ0v) is 21.9. The maximum atomic E-state index is 13.3. The first-order chi connectivity index (χ1) is 14.8. The maximum Gasteiger partial charge on any atom is 0.0997 e. The monoisotopic (exact) mass is 456 g/mol. The summed E-state index contributed by atoms with van der Waals surface area (Å²) in [6.45, 7) is 12.1. The Kier molecular flexibility index (Phi) is 11.2. The average Bonchev–Trinajstić information content (AvgIpc) is 3.48. The first-order valence-corrected chi connectivity index (χ1v) is 14.0. The standard InChI is InChI=1S/C26H48O4S/c1-7-8-9-10-11-12-13-14-19-31(27)22-15-17-26(20-30-26)24(23(22)28-6)25(4,5)29-18-16-21(2)3/h16,22-24H,7-15,17-20H2,1-6H3/t22-,23-,24-,26+,31?/m1/s1. The molecule has 182 valence electrons. The molecule has 0 N–H and O–H groups in total. The maximum absolute atomic E-state index is 13.3. The van der Waals surface area contributed by atoms with E-state index in [4.69, 9.17) is 14.2 Å². The van der Waals surface area contributed by atoms with Crippen molar-refractivity contribution in [2.24, 2.45) is 5.92 Å². The molecule has 1 unspecified atom stereocenters. The normalized spacial score (nSPS) is 29.2. The van der Waals surface area contributed by atoms with Crippen molar-refractivity contribution in [1.29, 1.82) is 0 Å². The van der Waals surface area contributed by atoms with E-state index in [1.165, 1.54) is 50.5 Å². The van der Waals surface area contributed by atoms with Gasteiger partial charge in [-0.25, -0.2) is 0 Å². The van der Waals surface area contributed by atoms with Crippen LogP contribution in [0.1, 0.15) is 98.8 Å². The summed E-state index contributed by atoms with van der Waals surface area (Å²) in [5, 5.41) is 0.0701. The van der Waals surface area contributed by atoms with Crippen molar-refractivity contribution in [3.63, 3.8) is 0 Å². The molecule has 0 aromatic rings. The molecule has 1 heterocycles. The lowest BCUT2D eigenvalue weighted by molar-refractivity contribution is -0.136. The first kappa shape index (κ1) is 27.0. The van der Waals surface area contributed by atoms with E-state index in [-0.39, 0.29) is 22.9 Å². The number of rotatable bonds is 15. The molecule has 0 aromatic carbocycles. The lowest BCUT2D eigenvalue weighted by Gasteiger charge is -2.47. The Balaban J connectivity index is 1.91. The second-order valence-corrected chi connectivity index (χ2v) is 12.1. The topological polar surface area (TPSA) is 48.1 Å². The zero-order chi connectivity index (χ0) is 22.9. The molecule has 1 aliphatic carbocycles. The van der Waals surface area contributed by atoms with E-state index >= 15 is 0 Å². The number of hydrogen-bond donors (Lipinski definition) is 0. The largest absolute Gasteiger partial charge is 0.380 e. The van der Waals surface area contributed by atoms with E-state index in [9.17, 15) is 4.21 Å². The molecule has 1 saturated carbocycles. The summed E-state index contributed by atoms with van der Waals surface area (Å²) in [7, 11) is 0.901. The summed E-state index contributed by atoms with van der Waals surface area (Å²) >= 11 is 0. The SMILES string of the molecule is CCCCCCCCCCS(=O)[C@@H]1CC[C@]2(CO2)[C@@H](C(C)(C)OCC=C(C)C)[C@@H]1OC. The summed E-state index contributed by atoms with van der Waals surface area (Å²) in [6, 6.07) is 0. The van der Waals surface area contributed by atoms with Gasteiger partial charge in [0.2, 0.25) is 0 Å². The van der Waals surface area contributed by atoms with E-state index < -0.39 is 16.4 Å². The molecule has 4 nitrogen and oxygen atoms in total. The lowest BCUT2D eigenvalue weighted by atomic mass is 9.69. The molecular weight excluding hydrogens is 408 g/mol. The van der Waals surface area contributed by atoms with Gasteiger partial charge in [-0.15, -0.1) is 0 Å². The molecular formula is C26H48O4S. The van der Waals surface area contributed by atoms with Crippen LogP contribution in [0.15, 0.2) is 11.6 Å². The Bertz CT molecular complexity index is 578. The summed E-state index contributed by atoms with van der Waals surface area (Å²) in [5.41, 5.74) is 0.697. The van der Waals surface area contributed by atoms with Gasteiger partial charge >= 0.3 is 0 Å². The van der Waals surface area contributed by atoms with Gasteiger partial charge in [0.05, 0.1) is 35.8 Å². The van der Waals surface area contributed by atoms with E-state index in [1.807, 2.05) is 0 Å².